The summed E-state index contributed by atoms with van der Waals surface area (Å²) < 4.78 is 5.56. The van der Waals surface area contributed by atoms with E-state index >= 15 is 0 Å². The van der Waals surface area contributed by atoms with Crippen molar-refractivity contribution in [2.45, 2.75) is 26.9 Å². The summed E-state index contributed by atoms with van der Waals surface area (Å²) in [5, 5.41) is 11.9. The molecular weight excluding hydrogens is 306 g/mol. The van der Waals surface area contributed by atoms with Gasteiger partial charge in [-0.25, -0.2) is 9.78 Å². The molecule has 0 saturated carbocycles. The first kappa shape index (κ1) is 17.7. The Balaban J connectivity index is 0.00000242. The largest absolute Gasteiger partial charge is 0.478 e. The molecule has 1 aromatic heterocycles. The Bertz CT molecular complexity index is 645. The van der Waals surface area contributed by atoms with Crippen LogP contribution < -0.4 is 10.1 Å². The molecule has 2 N–H and O–H groups in total. The molecule has 0 aliphatic carbocycles. The first-order valence-corrected chi connectivity index (χ1v) is 6.57. The molecule has 0 saturated heterocycles. The zero-order chi connectivity index (χ0) is 15.4. The van der Waals surface area contributed by atoms with E-state index in [9.17, 15) is 4.79 Å². The van der Waals surface area contributed by atoms with Crippen molar-refractivity contribution in [1.29, 1.82) is 0 Å². The third kappa shape index (κ3) is 4.89. The number of carbonyl (C=O) groups is 1. The molecule has 1 heterocycles. The SMILES string of the molecule is Cc1cc(OC(C)C)nc(Nc2ccc(C(=O)O)cc2)n1.Cl. The number of nitrogens with one attached hydrogen (secondary N) is 1. The molecular formula is C15H18ClN3O3. The molecule has 6 nitrogen and oxygen atoms in total. The molecule has 0 spiro atoms. The number of hydrogen-bond donors (Lipinski definition) is 2. The Hall–Kier alpha value is -2.34. The molecule has 0 bridgehead atoms. The van der Waals surface area contributed by atoms with E-state index in [1.54, 1.807) is 18.2 Å². The summed E-state index contributed by atoms with van der Waals surface area (Å²) >= 11 is 0. The van der Waals surface area contributed by atoms with Crippen LogP contribution in [0.4, 0.5) is 11.6 Å². The highest BCUT2D eigenvalue weighted by molar-refractivity contribution is 5.88. The van der Waals surface area contributed by atoms with Gasteiger partial charge in [0.15, 0.2) is 0 Å². The summed E-state index contributed by atoms with van der Waals surface area (Å²) in [6.45, 7) is 5.71. The number of nitrogens with zero attached hydrogens (tertiary/aromatic N) is 2. The molecule has 0 unspecified atom stereocenters. The molecule has 0 radical (unpaired) electrons. The van der Waals surface area contributed by atoms with Gasteiger partial charge in [-0.05, 0) is 45.0 Å². The molecule has 1 aromatic carbocycles. The lowest BCUT2D eigenvalue weighted by Gasteiger charge is -2.11. The first-order chi connectivity index (χ1) is 9.94. The molecule has 0 aliphatic rings. The molecule has 0 fully saturated rings. The zero-order valence-electron chi connectivity index (χ0n) is 12.5. The lowest BCUT2D eigenvalue weighted by Crippen LogP contribution is -2.09. The summed E-state index contributed by atoms with van der Waals surface area (Å²) in [4.78, 5) is 19.3. The Morgan fingerprint density at radius 1 is 1.23 bits per heavy atom. The van der Waals surface area contributed by atoms with Crippen LogP contribution in [0, 0.1) is 6.92 Å². The van der Waals surface area contributed by atoms with Gasteiger partial charge in [0, 0.05) is 17.4 Å². The second kappa shape index (κ2) is 7.61. The number of aryl methyl sites for hydroxylation is 1. The smallest absolute Gasteiger partial charge is 0.335 e. The van der Waals surface area contributed by atoms with Crippen molar-refractivity contribution in [3.8, 4) is 5.88 Å². The summed E-state index contributed by atoms with van der Waals surface area (Å²) in [6.07, 6.45) is 0.0296. The van der Waals surface area contributed by atoms with Crippen LogP contribution in [0.25, 0.3) is 0 Å². The number of halogens is 1. The maximum Gasteiger partial charge on any atom is 0.335 e. The van der Waals surface area contributed by atoms with Crippen molar-refractivity contribution >= 4 is 30.0 Å². The van der Waals surface area contributed by atoms with Gasteiger partial charge in [-0.1, -0.05) is 0 Å². The van der Waals surface area contributed by atoms with Crippen LogP contribution in [-0.4, -0.2) is 27.1 Å². The topological polar surface area (TPSA) is 84.3 Å². The van der Waals surface area contributed by atoms with E-state index < -0.39 is 5.97 Å². The zero-order valence-corrected chi connectivity index (χ0v) is 13.3. The maximum atomic E-state index is 10.8. The average Bonchev–Trinajstić information content (AvgIpc) is 2.37. The number of anilines is 2. The summed E-state index contributed by atoms with van der Waals surface area (Å²) in [5.74, 6) is -0.0446. The number of carboxylic acids is 1. The van der Waals surface area contributed by atoms with Gasteiger partial charge in [0.2, 0.25) is 11.8 Å². The lowest BCUT2D eigenvalue weighted by molar-refractivity contribution is 0.0697. The van der Waals surface area contributed by atoms with Gasteiger partial charge in [0.25, 0.3) is 0 Å². The fraction of sp³-hybridized carbons (Fsp3) is 0.267. The van der Waals surface area contributed by atoms with E-state index in [2.05, 4.69) is 15.3 Å². The van der Waals surface area contributed by atoms with Crippen molar-refractivity contribution in [3.05, 3.63) is 41.6 Å². The van der Waals surface area contributed by atoms with Crippen molar-refractivity contribution in [2.24, 2.45) is 0 Å². The van der Waals surface area contributed by atoms with Crippen LogP contribution in [0.3, 0.4) is 0 Å². The summed E-state index contributed by atoms with van der Waals surface area (Å²) in [5.41, 5.74) is 1.72. The predicted molar refractivity (Wildman–Crippen MR) is 86.5 cm³/mol. The van der Waals surface area contributed by atoms with Gasteiger partial charge in [-0.15, -0.1) is 12.4 Å². The van der Waals surface area contributed by atoms with E-state index in [-0.39, 0.29) is 24.1 Å². The fourth-order valence-electron chi connectivity index (χ4n) is 1.72. The highest BCUT2D eigenvalue weighted by Gasteiger charge is 2.06. The Morgan fingerprint density at radius 2 is 1.86 bits per heavy atom. The molecule has 2 rings (SSSR count). The third-order valence-corrected chi connectivity index (χ3v) is 2.58. The highest BCUT2D eigenvalue weighted by Crippen LogP contribution is 2.18. The van der Waals surface area contributed by atoms with Crippen LogP contribution >= 0.6 is 12.4 Å². The number of hydrogen-bond acceptors (Lipinski definition) is 5. The summed E-state index contributed by atoms with van der Waals surface area (Å²) in [6, 6.07) is 8.13. The standard InChI is InChI=1S/C15H17N3O3.ClH/c1-9(2)21-13-8-10(3)16-15(18-13)17-12-6-4-11(5-7-12)14(19)20;/h4-9H,1-3H3,(H,19,20)(H,16,17,18);1H. The van der Waals surface area contributed by atoms with Crippen LogP contribution in [0.5, 0.6) is 5.88 Å². The number of benzene rings is 1. The van der Waals surface area contributed by atoms with Crippen LogP contribution in [-0.2, 0) is 0 Å². The van der Waals surface area contributed by atoms with Crippen LogP contribution in [0.15, 0.2) is 30.3 Å². The Kier molecular flexibility index (Phi) is 6.12. The second-order valence-corrected chi connectivity index (χ2v) is 4.85. The van der Waals surface area contributed by atoms with Crippen LogP contribution in [0.2, 0.25) is 0 Å². The number of aromatic nitrogens is 2. The number of ether oxygens (including phenoxy) is 1. The van der Waals surface area contributed by atoms with Gasteiger partial charge in [-0.3, -0.25) is 0 Å². The van der Waals surface area contributed by atoms with Crippen molar-refractivity contribution in [3.63, 3.8) is 0 Å². The van der Waals surface area contributed by atoms with E-state index in [1.165, 1.54) is 12.1 Å². The first-order valence-electron chi connectivity index (χ1n) is 6.57. The monoisotopic (exact) mass is 323 g/mol. The van der Waals surface area contributed by atoms with Gasteiger partial charge < -0.3 is 15.2 Å². The van der Waals surface area contributed by atoms with Crippen molar-refractivity contribution in [1.82, 2.24) is 9.97 Å². The number of carboxylic acid groups (broad SMARTS) is 1. The molecule has 118 valence electrons. The van der Waals surface area contributed by atoms with E-state index in [1.807, 2.05) is 20.8 Å². The minimum atomic E-state index is -0.957. The van der Waals surface area contributed by atoms with E-state index in [0.29, 0.717) is 17.5 Å². The minimum Gasteiger partial charge on any atom is -0.478 e. The van der Waals surface area contributed by atoms with Crippen molar-refractivity contribution < 1.29 is 14.6 Å². The fourth-order valence-corrected chi connectivity index (χ4v) is 1.72. The Labute approximate surface area is 135 Å². The maximum absolute atomic E-state index is 10.8. The second-order valence-electron chi connectivity index (χ2n) is 4.85. The van der Waals surface area contributed by atoms with Gasteiger partial charge in [-0.2, -0.15) is 4.98 Å². The summed E-state index contributed by atoms with van der Waals surface area (Å²) in [7, 11) is 0. The normalized spacial score (nSPS) is 10.0. The van der Waals surface area contributed by atoms with E-state index in [4.69, 9.17) is 9.84 Å². The predicted octanol–water partition coefficient (Wildman–Crippen LogP) is 3.44. The van der Waals surface area contributed by atoms with Gasteiger partial charge in [0.1, 0.15) is 0 Å². The quantitative estimate of drug-likeness (QED) is 0.877. The van der Waals surface area contributed by atoms with E-state index in [0.717, 1.165) is 5.69 Å². The third-order valence-electron chi connectivity index (χ3n) is 2.58. The average molecular weight is 324 g/mol. The van der Waals surface area contributed by atoms with Crippen LogP contribution in [0.1, 0.15) is 29.9 Å². The Morgan fingerprint density at radius 3 is 2.41 bits per heavy atom. The lowest BCUT2D eigenvalue weighted by atomic mass is 10.2. The molecule has 22 heavy (non-hydrogen) atoms. The number of rotatable bonds is 5. The molecule has 0 aliphatic heterocycles. The van der Waals surface area contributed by atoms with Gasteiger partial charge in [0.05, 0.1) is 11.7 Å². The molecule has 7 heteroatoms. The van der Waals surface area contributed by atoms with Gasteiger partial charge >= 0.3 is 5.97 Å². The number of aromatic carboxylic acids is 1. The van der Waals surface area contributed by atoms with Crippen molar-refractivity contribution in [2.75, 3.05) is 5.32 Å². The molecule has 0 atom stereocenters. The molecule has 0 amide bonds. The minimum absolute atomic E-state index is 0. The highest BCUT2D eigenvalue weighted by atomic mass is 35.5. The molecule has 2 aromatic rings.